The summed E-state index contributed by atoms with van der Waals surface area (Å²) < 4.78 is 5.68. The van der Waals surface area contributed by atoms with Crippen molar-refractivity contribution in [1.82, 2.24) is 0 Å². The van der Waals surface area contributed by atoms with Gasteiger partial charge in [-0.05, 0) is 59.0 Å². The van der Waals surface area contributed by atoms with Gasteiger partial charge in [0.05, 0.1) is 0 Å². The third kappa shape index (κ3) is 1.93. The van der Waals surface area contributed by atoms with Crippen LogP contribution in [0.1, 0.15) is 35.3 Å². The largest absolute Gasteiger partial charge is 0.490 e. The number of benzene rings is 1. The van der Waals surface area contributed by atoms with Gasteiger partial charge in [-0.1, -0.05) is 6.07 Å². The highest BCUT2D eigenvalue weighted by Gasteiger charge is 2.21. The molecule has 2 nitrogen and oxygen atoms in total. The monoisotopic (exact) mass is 260 g/mol. The second-order valence-electron chi connectivity index (χ2n) is 4.91. The molecule has 0 bridgehead atoms. The molecule has 1 aromatic heterocycles. The van der Waals surface area contributed by atoms with Crippen molar-refractivity contribution in [3.8, 4) is 5.75 Å². The maximum absolute atomic E-state index is 10.4. The molecule has 0 amide bonds. The molecule has 0 fully saturated rings. The Kier molecular flexibility index (Phi) is 2.88. The van der Waals surface area contributed by atoms with Crippen molar-refractivity contribution >= 4 is 11.3 Å². The van der Waals surface area contributed by atoms with Gasteiger partial charge in [-0.25, -0.2) is 0 Å². The van der Waals surface area contributed by atoms with E-state index in [0.717, 1.165) is 28.9 Å². The van der Waals surface area contributed by atoms with Gasteiger partial charge >= 0.3 is 0 Å². The zero-order chi connectivity index (χ0) is 12.7. The number of aliphatic hydroxyl groups excluding tert-OH is 1. The molecule has 0 saturated heterocycles. The van der Waals surface area contributed by atoms with Gasteiger partial charge in [0.2, 0.25) is 0 Å². The summed E-state index contributed by atoms with van der Waals surface area (Å²) in [6.07, 6.45) is 0.645. The topological polar surface area (TPSA) is 29.5 Å². The van der Waals surface area contributed by atoms with E-state index in [4.69, 9.17) is 4.74 Å². The van der Waals surface area contributed by atoms with Gasteiger partial charge in [0.1, 0.15) is 18.0 Å². The second-order valence-corrected chi connectivity index (χ2v) is 5.66. The molecule has 1 aliphatic heterocycles. The molecule has 1 aromatic carbocycles. The average Bonchev–Trinajstić information content (AvgIpc) is 2.91. The summed E-state index contributed by atoms with van der Waals surface area (Å²) in [6.45, 7) is 4.10. The van der Waals surface area contributed by atoms with Crippen molar-refractivity contribution < 1.29 is 9.84 Å². The number of thiophene rings is 1. The summed E-state index contributed by atoms with van der Waals surface area (Å²) in [7, 11) is 0. The number of aryl methyl sites for hydroxylation is 1. The van der Waals surface area contributed by atoms with Crippen molar-refractivity contribution in [3.63, 3.8) is 0 Å². The maximum atomic E-state index is 10.4. The molecule has 0 saturated carbocycles. The molecule has 0 spiro atoms. The quantitative estimate of drug-likeness (QED) is 0.896. The summed E-state index contributed by atoms with van der Waals surface area (Å²) in [5.74, 6) is 0.959. The Morgan fingerprint density at radius 1 is 1.39 bits per heavy atom. The number of hydrogen-bond donors (Lipinski definition) is 1. The molecular weight excluding hydrogens is 244 g/mol. The molecule has 18 heavy (non-hydrogen) atoms. The molecule has 3 rings (SSSR count). The fourth-order valence-corrected chi connectivity index (χ4v) is 3.31. The summed E-state index contributed by atoms with van der Waals surface area (Å²) in [6, 6.07) is 6.00. The van der Waals surface area contributed by atoms with E-state index in [1.54, 1.807) is 11.3 Å². The Morgan fingerprint density at radius 2 is 2.22 bits per heavy atom. The highest BCUT2D eigenvalue weighted by atomic mass is 32.1. The van der Waals surface area contributed by atoms with E-state index in [0.29, 0.717) is 0 Å². The van der Waals surface area contributed by atoms with E-state index in [9.17, 15) is 5.11 Å². The van der Waals surface area contributed by atoms with E-state index in [1.807, 2.05) is 24.4 Å². The predicted molar refractivity (Wildman–Crippen MR) is 73.4 cm³/mol. The summed E-state index contributed by atoms with van der Waals surface area (Å²) in [5.41, 5.74) is 4.31. The molecule has 0 radical (unpaired) electrons. The Bertz CT molecular complexity index is 574. The molecule has 94 valence electrons. The van der Waals surface area contributed by atoms with Crippen LogP contribution in [-0.4, -0.2) is 11.2 Å². The van der Waals surface area contributed by atoms with Crippen molar-refractivity contribution in [3.05, 3.63) is 51.2 Å². The minimum Gasteiger partial charge on any atom is -0.490 e. The first-order valence-corrected chi connectivity index (χ1v) is 7.09. The summed E-state index contributed by atoms with van der Waals surface area (Å²) in [4.78, 5) is 0. The van der Waals surface area contributed by atoms with E-state index >= 15 is 0 Å². The molecule has 2 atom stereocenters. The molecule has 3 heteroatoms. The number of ether oxygens (including phenoxy) is 1. The van der Waals surface area contributed by atoms with Gasteiger partial charge in [-0.15, -0.1) is 0 Å². The van der Waals surface area contributed by atoms with Crippen LogP contribution >= 0.6 is 11.3 Å². The standard InChI is InChI=1S/C15H16O2S/c1-9-7-18-8-13(9)15(16)11-3-4-14-12(6-11)5-10(2)17-14/h3-4,6-8,10,15-16H,5H2,1-2H3. The first kappa shape index (κ1) is 11.8. The predicted octanol–water partition coefficient (Wildman–Crippen LogP) is 3.46. The number of hydrogen-bond acceptors (Lipinski definition) is 3. The van der Waals surface area contributed by atoms with Crippen LogP contribution in [0.15, 0.2) is 29.0 Å². The van der Waals surface area contributed by atoms with Crippen LogP contribution in [0.2, 0.25) is 0 Å². The number of fused-ring (bicyclic) bond motifs is 1. The molecule has 1 aliphatic rings. The van der Waals surface area contributed by atoms with Crippen LogP contribution in [0, 0.1) is 6.92 Å². The van der Waals surface area contributed by atoms with Crippen molar-refractivity contribution in [1.29, 1.82) is 0 Å². The zero-order valence-electron chi connectivity index (χ0n) is 10.5. The van der Waals surface area contributed by atoms with Crippen LogP contribution in [0.5, 0.6) is 5.75 Å². The van der Waals surface area contributed by atoms with E-state index in [2.05, 4.69) is 18.4 Å². The normalized spacial score (nSPS) is 19.4. The highest BCUT2D eigenvalue weighted by molar-refractivity contribution is 7.08. The third-order valence-electron chi connectivity index (χ3n) is 3.43. The fourth-order valence-electron chi connectivity index (χ4n) is 2.44. The van der Waals surface area contributed by atoms with Crippen LogP contribution in [0.4, 0.5) is 0 Å². The van der Waals surface area contributed by atoms with E-state index < -0.39 is 6.10 Å². The second kappa shape index (κ2) is 4.41. The lowest BCUT2D eigenvalue weighted by molar-refractivity contribution is 0.220. The minimum atomic E-state index is -0.530. The third-order valence-corrected chi connectivity index (χ3v) is 4.31. The highest BCUT2D eigenvalue weighted by Crippen LogP contribution is 2.34. The van der Waals surface area contributed by atoms with Crippen LogP contribution in [-0.2, 0) is 6.42 Å². The van der Waals surface area contributed by atoms with Crippen LogP contribution < -0.4 is 4.74 Å². The smallest absolute Gasteiger partial charge is 0.123 e. The Morgan fingerprint density at radius 3 is 2.94 bits per heavy atom. The van der Waals surface area contributed by atoms with Crippen LogP contribution in [0.25, 0.3) is 0 Å². The Labute approximate surface area is 111 Å². The maximum Gasteiger partial charge on any atom is 0.123 e. The summed E-state index contributed by atoms with van der Waals surface area (Å²) in [5, 5.41) is 14.5. The van der Waals surface area contributed by atoms with Crippen molar-refractivity contribution in [2.45, 2.75) is 32.5 Å². The van der Waals surface area contributed by atoms with Gasteiger partial charge in [-0.3, -0.25) is 0 Å². The Balaban J connectivity index is 1.94. The molecule has 1 N–H and O–H groups in total. The minimum absolute atomic E-state index is 0.246. The Hall–Kier alpha value is -1.32. The zero-order valence-corrected chi connectivity index (χ0v) is 11.3. The van der Waals surface area contributed by atoms with Gasteiger partial charge in [0, 0.05) is 6.42 Å². The fraction of sp³-hybridized carbons (Fsp3) is 0.333. The first-order valence-electron chi connectivity index (χ1n) is 6.15. The van der Waals surface area contributed by atoms with Gasteiger partial charge in [0.25, 0.3) is 0 Å². The van der Waals surface area contributed by atoms with Crippen LogP contribution in [0.3, 0.4) is 0 Å². The van der Waals surface area contributed by atoms with E-state index in [1.165, 1.54) is 5.56 Å². The SMILES string of the molecule is Cc1cscc1C(O)c1ccc2c(c1)CC(C)O2. The van der Waals surface area contributed by atoms with Crippen molar-refractivity contribution in [2.75, 3.05) is 0 Å². The number of aliphatic hydroxyl groups is 1. The molecule has 2 heterocycles. The molecular formula is C15H16O2S. The molecule has 0 aliphatic carbocycles. The number of rotatable bonds is 2. The van der Waals surface area contributed by atoms with Gasteiger partial charge < -0.3 is 9.84 Å². The summed E-state index contributed by atoms with van der Waals surface area (Å²) >= 11 is 1.63. The lowest BCUT2D eigenvalue weighted by Crippen LogP contribution is -2.05. The first-order chi connectivity index (χ1) is 8.65. The van der Waals surface area contributed by atoms with Crippen molar-refractivity contribution in [2.24, 2.45) is 0 Å². The van der Waals surface area contributed by atoms with Gasteiger partial charge in [-0.2, -0.15) is 11.3 Å². The molecule has 2 unspecified atom stereocenters. The average molecular weight is 260 g/mol. The van der Waals surface area contributed by atoms with E-state index in [-0.39, 0.29) is 6.10 Å². The lowest BCUT2D eigenvalue weighted by Gasteiger charge is -2.12. The lowest BCUT2D eigenvalue weighted by atomic mass is 9.98. The van der Waals surface area contributed by atoms with Gasteiger partial charge in [0.15, 0.2) is 0 Å². The molecule has 2 aromatic rings.